The van der Waals surface area contributed by atoms with Crippen molar-refractivity contribution in [1.29, 1.82) is 0 Å². The first-order valence-corrected chi connectivity index (χ1v) is 7.57. The quantitative estimate of drug-likeness (QED) is 0.912. The third-order valence-electron chi connectivity index (χ3n) is 4.47. The van der Waals surface area contributed by atoms with Crippen LogP contribution in [0.1, 0.15) is 24.5 Å². The zero-order valence-electron chi connectivity index (χ0n) is 12.6. The van der Waals surface area contributed by atoms with Gasteiger partial charge in [0.2, 0.25) is 0 Å². The number of carbonyl (C=O) groups is 1. The Kier molecular flexibility index (Phi) is 4.04. The van der Waals surface area contributed by atoms with E-state index in [4.69, 9.17) is 5.73 Å². The Bertz CT molecular complexity index is 672. The lowest BCUT2D eigenvalue weighted by Crippen LogP contribution is -2.42. The van der Waals surface area contributed by atoms with Gasteiger partial charge in [0.1, 0.15) is 6.33 Å². The molecule has 1 aliphatic carbocycles. The molecule has 114 valence electrons. The first kappa shape index (κ1) is 14.5. The van der Waals surface area contributed by atoms with Crippen LogP contribution >= 0.6 is 0 Å². The van der Waals surface area contributed by atoms with E-state index in [2.05, 4.69) is 33.5 Å². The number of primary amides is 1. The molecule has 2 aromatic rings. The minimum atomic E-state index is -0.450. The summed E-state index contributed by atoms with van der Waals surface area (Å²) in [5.74, 6) is 0.419. The number of amides is 2. The minimum Gasteiger partial charge on any atom is -0.352 e. The van der Waals surface area contributed by atoms with E-state index in [-0.39, 0.29) is 6.04 Å². The summed E-state index contributed by atoms with van der Waals surface area (Å²) < 4.78 is 0. The number of nitrogens with two attached hydrogens (primary N) is 1. The molecule has 1 aliphatic rings. The lowest BCUT2D eigenvalue weighted by atomic mass is 9.78. The molecule has 1 aromatic heterocycles. The van der Waals surface area contributed by atoms with Crippen LogP contribution in [0.5, 0.6) is 0 Å². The van der Waals surface area contributed by atoms with Crippen molar-refractivity contribution in [2.75, 3.05) is 0 Å². The molecule has 22 heavy (non-hydrogen) atoms. The van der Waals surface area contributed by atoms with Crippen LogP contribution in [-0.4, -0.2) is 22.0 Å². The van der Waals surface area contributed by atoms with E-state index in [0.717, 1.165) is 24.8 Å². The van der Waals surface area contributed by atoms with Crippen LogP contribution < -0.4 is 11.1 Å². The van der Waals surface area contributed by atoms with Crippen molar-refractivity contribution in [3.63, 3.8) is 0 Å². The number of benzene rings is 1. The van der Waals surface area contributed by atoms with Crippen molar-refractivity contribution in [2.45, 2.75) is 32.2 Å². The minimum absolute atomic E-state index is 0.0920. The molecule has 1 heterocycles. The van der Waals surface area contributed by atoms with E-state index in [1.807, 2.05) is 19.3 Å². The van der Waals surface area contributed by atoms with Gasteiger partial charge in [0.25, 0.3) is 0 Å². The molecule has 2 unspecified atom stereocenters. The highest BCUT2D eigenvalue weighted by molar-refractivity contribution is 5.72. The monoisotopic (exact) mass is 296 g/mol. The Morgan fingerprint density at radius 3 is 2.86 bits per heavy atom. The van der Waals surface area contributed by atoms with E-state index in [9.17, 15) is 4.79 Å². The number of aromatic nitrogens is 2. The molecule has 2 atom stereocenters. The first-order chi connectivity index (χ1) is 10.6. The molecule has 0 saturated heterocycles. The van der Waals surface area contributed by atoms with Crippen LogP contribution in [0.4, 0.5) is 4.79 Å². The van der Waals surface area contributed by atoms with Gasteiger partial charge in [0.05, 0.1) is 0 Å². The smallest absolute Gasteiger partial charge is 0.312 e. The highest BCUT2D eigenvalue weighted by Gasteiger charge is 2.25. The van der Waals surface area contributed by atoms with Gasteiger partial charge in [-0.25, -0.2) is 14.8 Å². The third kappa shape index (κ3) is 2.93. The summed E-state index contributed by atoms with van der Waals surface area (Å²) >= 11 is 0. The fourth-order valence-corrected chi connectivity index (χ4v) is 3.31. The van der Waals surface area contributed by atoms with Gasteiger partial charge in [-0.05, 0) is 48.8 Å². The molecule has 3 rings (SSSR count). The Hall–Kier alpha value is -2.43. The molecule has 3 N–H and O–H groups in total. The summed E-state index contributed by atoms with van der Waals surface area (Å²) in [4.78, 5) is 19.3. The van der Waals surface area contributed by atoms with Crippen molar-refractivity contribution in [1.82, 2.24) is 15.3 Å². The third-order valence-corrected chi connectivity index (χ3v) is 4.47. The predicted octanol–water partition coefficient (Wildman–Crippen LogP) is 2.31. The Morgan fingerprint density at radius 1 is 1.36 bits per heavy atom. The number of nitrogens with zero attached hydrogens (tertiary/aromatic N) is 2. The highest BCUT2D eigenvalue weighted by atomic mass is 16.2. The number of fused-ring (bicyclic) bond motifs is 1. The van der Waals surface area contributed by atoms with Crippen LogP contribution in [0.3, 0.4) is 0 Å². The van der Waals surface area contributed by atoms with E-state index in [1.165, 1.54) is 16.7 Å². The molecule has 0 saturated carbocycles. The van der Waals surface area contributed by atoms with Crippen molar-refractivity contribution >= 4 is 6.03 Å². The van der Waals surface area contributed by atoms with Gasteiger partial charge in [-0.2, -0.15) is 0 Å². The summed E-state index contributed by atoms with van der Waals surface area (Å²) in [5.41, 5.74) is 10.2. The normalized spacial score (nSPS) is 18.3. The van der Waals surface area contributed by atoms with Gasteiger partial charge in [-0.3, -0.25) is 0 Å². The fraction of sp³-hybridized carbons (Fsp3) is 0.353. The lowest BCUT2D eigenvalue weighted by molar-refractivity contribution is 0.238. The molecule has 0 fully saturated rings. The van der Waals surface area contributed by atoms with E-state index < -0.39 is 6.03 Å². The van der Waals surface area contributed by atoms with E-state index in [0.29, 0.717) is 5.92 Å². The summed E-state index contributed by atoms with van der Waals surface area (Å²) in [6.07, 6.45) is 8.25. The summed E-state index contributed by atoms with van der Waals surface area (Å²) in [5, 5.41) is 2.81. The molecule has 0 aliphatic heterocycles. The molecular formula is C17H20N4O. The zero-order chi connectivity index (χ0) is 15.5. The number of hydrogen-bond donors (Lipinski definition) is 2. The van der Waals surface area contributed by atoms with Crippen LogP contribution in [0.15, 0.2) is 36.9 Å². The average Bonchev–Trinajstić information content (AvgIpc) is 2.54. The van der Waals surface area contributed by atoms with Gasteiger partial charge in [-0.1, -0.05) is 18.2 Å². The number of carbonyl (C=O) groups excluding carboxylic acids is 1. The largest absolute Gasteiger partial charge is 0.352 e. The Labute approximate surface area is 130 Å². The summed E-state index contributed by atoms with van der Waals surface area (Å²) in [7, 11) is 0. The summed E-state index contributed by atoms with van der Waals surface area (Å²) in [6, 6.07) is 6.02. The highest BCUT2D eigenvalue weighted by Crippen LogP contribution is 2.34. The van der Waals surface area contributed by atoms with Crippen molar-refractivity contribution in [3.8, 4) is 11.1 Å². The van der Waals surface area contributed by atoms with Crippen LogP contribution in [-0.2, 0) is 12.8 Å². The van der Waals surface area contributed by atoms with Crippen molar-refractivity contribution in [2.24, 2.45) is 11.7 Å². The Balaban J connectivity index is 1.86. The first-order valence-electron chi connectivity index (χ1n) is 7.57. The fourth-order valence-electron chi connectivity index (χ4n) is 3.31. The maximum Gasteiger partial charge on any atom is 0.312 e. The molecular weight excluding hydrogens is 276 g/mol. The van der Waals surface area contributed by atoms with Crippen molar-refractivity contribution in [3.05, 3.63) is 48.0 Å². The van der Waals surface area contributed by atoms with Gasteiger partial charge < -0.3 is 11.1 Å². The van der Waals surface area contributed by atoms with Gasteiger partial charge in [0, 0.05) is 24.0 Å². The second-order valence-electron chi connectivity index (χ2n) is 5.87. The molecule has 1 aromatic carbocycles. The number of urea groups is 1. The van der Waals surface area contributed by atoms with Gasteiger partial charge in [0.15, 0.2) is 0 Å². The second-order valence-corrected chi connectivity index (χ2v) is 5.87. The maximum atomic E-state index is 11.0. The number of nitrogens with one attached hydrogen (secondary N) is 1. The standard InChI is InChI=1S/C17H20N4O/c1-11(21-17(18)22)12-5-6-16-13(7-12)3-2-4-15(16)14-8-19-10-20-9-14/h2-4,8-12H,5-7H2,1H3,(H3,18,21,22). The summed E-state index contributed by atoms with van der Waals surface area (Å²) in [6.45, 7) is 2.02. The van der Waals surface area contributed by atoms with E-state index >= 15 is 0 Å². The topological polar surface area (TPSA) is 80.9 Å². The van der Waals surface area contributed by atoms with Crippen LogP contribution in [0.25, 0.3) is 11.1 Å². The molecule has 5 heteroatoms. The zero-order valence-corrected chi connectivity index (χ0v) is 12.6. The predicted molar refractivity (Wildman–Crippen MR) is 85.2 cm³/mol. The molecule has 0 spiro atoms. The van der Waals surface area contributed by atoms with Gasteiger partial charge in [-0.15, -0.1) is 0 Å². The average molecular weight is 296 g/mol. The molecule has 2 amide bonds. The SMILES string of the molecule is CC(NC(N)=O)C1CCc2c(cccc2-c2cncnc2)C1. The maximum absolute atomic E-state index is 11.0. The Morgan fingerprint density at radius 2 is 2.14 bits per heavy atom. The van der Waals surface area contributed by atoms with E-state index in [1.54, 1.807) is 6.33 Å². The number of hydrogen-bond acceptors (Lipinski definition) is 3. The second kappa shape index (κ2) is 6.13. The van der Waals surface area contributed by atoms with Crippen molar-refractivity contribution < 1.29 is 4.79 Å². The van der Waals surface area contributed by atoms with Crippen LogP contribution in [0.2, 0.25) is 0 Å². The lowest BCUT2D eigenvalue weighted by Gasteiger charge is -2.30. The molecule has 5 nitrogen and oxygen atoms in total. The number of rotatable bonds is 3. The molecule has 0 bridgehead atoms. The van der Waals surface area contributed by atoms with Crippen LogP contribution in [0, 0.1) is 5.92 Å². The van der Waals surface area contributed by atoms with Gasteiger partial charge >= 0.3 is 6.03 Å². The molecule has 0 radical (unpaired) electrons.